The van der Waals surface area contributed by atoms with Crippen LogP contribution in [0.15, 0.2) is 15.5 Å². The molecule has 0 aromatic carbocycles. The molecule has 0 spiro atoms. The zero-order valence-corrected chi connectivity index (χ0v) is 12.1. The fourth-order valence-electron chi connectivity index (χ4n) is 1.18. The number of hydrogen-bond acceptors (Lipinski definition) is 6. The molecule has 0 aliphatic rings. The van der Waals surface area contributed by atoms with Gasteiger partial charge in [-0.05, 0) is 15.9 Å². The van der Waals surface area contributed by atoms with Crippen LogP contribution in [0.5, 0.6) is 0 Å². The van der Waals surface area contributed by atoms with Gasteiger partial charge in [0.2, 0.25) is 0 Å². The van der Waals surface area contributed by atoms with Gasteiger partial charge in [-0.25, -0.2) is 13.5 Å². The van der Waals surface area contributed by atoms with Gasteiger partial charge in [0.25, 0.3) is 11.5 Å². The maximum atomic E-state index is 13.0. The van der Waals surface area contributed by atoms with Crippen molar-refractivity contribution in [3.05, 3.63) is 21.0 Å². The van der Waals surface area contributed by atoms with Crippen LogP contribution in [0, 0.1) is 0 Å². The molecule has 20 heavy (non-hydrogen) atoms. The topological polar surface area (TPSA) is 99.2 Å². The first-order valence-electron chi connectivity index (χ1n) is 5.45. The van der Waals surface area contributed by atoms with Gasteiger partial charge in [0.1, 0.15) is 11.0 Å². The van der Waals surface area contributed by atoms with Crippen molar-refractivity contribution in [3.63, 3.8) is 0 Å². The quantitative estimate of drug-likeness (QED) is 0.707. The molecule has 0 aliphatic carbocycles. The molecule has 0 amide bonds. The summed E-state index contributed by atoms with van der Waals surface area (Å²) in [6.07, 6.45) is 1.15. The molecule has 0 radical (unpaired) electrons. The smallest absolute Gasteiger partial charge is 0.327 e. The van der Waals surface area contributed by atoms with Crippen molar-refractivity contribution in [1.29, 1.82) is 0 Å². The normalized spacial score (nSPS) is 11.2. The predicted molar refractivity (Wildman–Crippen MR) is 70.7 cm³/mol. The van der Waals surface area contributed by atoms with Crippen molar-refractivity contribution in [1.82, 2.24) is 9.78 Å². The predicted octanol–water partition coefficient (Wildman–Crippen LogP) is 0.185. The number of methoxy groups -OCH3 is 1. The molecule has 3 N–H and O–H groups in total. The monoisotopic (exact) mass is 354 g/mol. The van der Waals surface area contributed by atoms with Crippen molar-refractivity contribution in [2.24, 2.45) is 5.73 Å². The minimum Gasteiger partial charge on any atom is -0.468 e. The van der Waals surface area contributed by atoms with Gasteiger partial charge >= 0.3 is 5.97 Å². The average Bonchev–Trinajstić information content (AvgIpc) is 2.43. The maximum absolute atomic E-state index is 13.0. The number of esters is 1. The summed E-state index contributed by atoms with van der Waals surface area (Å²) >= 11 is 2.97. The summed E-state index contributed by atoms with van der Waals surface area (Å²) in [4.78, 5) is 22.9. The van der Waals surface area contributed by atoms with Crippen LogP contribution in [0.4, 0.5) is 14.5 Å². The number of ether oxygens (including phenoxy) is 1. The van der Waals surface area contributed by atoms with Gasteiger partial charge in [-0.2, -0.15) is 5.10 Å². The Balaban J connectivity index is 2.89. The van der Waals surface area contributed by atoms with Gasteiger partial charge in [-0.3, -0.25) is 9.59 Å². The van der Waals surface area contributed by atoms with Crippen molar-refractivity contribution >= 4 is 27.6 Å². The molecule has 1 aromatic heterocycles. The van der Waals surface area contributed by atoms with E-state index in [1.54, 1.807) is 0 Å². The molecule has 0 fully saturated rings. The summed E-state index contributed by atoms with van der Waals surface area (Å²) in [6, 6.07) is 0. The SMILES string of the molecule is COC(=O)Cn1ncc(NCC(F)(F)CN)c(Br)c1=O. The molecule has 7 nitrogen and oxygen atoms in total. The average molecular weight is 355 g/mol. The molecule has 10 heteroatoms. The Kier molecular flexibility index (Phi) is 5.57. The van der Waals surface area contributed by atoms with E-state index in [1.807, 2.05) is 0 Å². The number of nitrogens with zero attached hydrogens (tertiary/aromatic N) is 2. The van der Waals surface area contributed by atoms with E-state index < -0.39 is 30.5 Å². The van der Waals surface area contributed by atoms with Crippen LogP contribution >= 0.6 is 15.9 Å². The van der Waals surface area contributed by atoms with Crippen LogP contribution in [-0.2, 0) is 16.1 Å². The van der Waals surface area contributed by atoms with Crippen LogP contribution in [0.2, 0.25) is 0 Å². The Labute approximate surface area is 121 Å². The first-order valence-corrected chi connectivity index (χ1v) is 6.24. The van der Waals surface area contributed by atoms with Crippen molar-refractivity contribution in [3.8, 4) is 0 Å². The molecule has 1 aromatic rings. The van der Waals surface area contributed by atoms with Gasteiger partial charge < -0.3 is 15.8 Å². The molecular formula is C10H13BrF2N4O3. The molecule has 112 valence electrons. The molecular weight excluding hydrogens is 342 g/mol. The molecule has 0 saturated heterocycles. The number of anilines is 1. The van der Waals surface area contributed by atoms with Crippen molar-refractivity contribution in [2.45, 2.75) is 12.5 Å². The maximum Gasteiger partial charge on any atom is 0.327 e. The van der Waals surface area contributed by atoms with E-state index in [1.165, 1.54) is 7.11 Å². The van der Waals surface area contributed by atoms with Crippen LogP contribution in [0.3, 0.4) is 0 Å². The number of halogens is 3. The molecule has 0 atom stereocenters. The zero-order chi connectivity index (χ0) is 15.3. The fraction of sp³-hybridized carbons (Fsp3) is 0.500. The highest BCUT2D eigenvalue weighted by Gasteiger charge is 2.26. The number of hydrogen-bond donors (Lipinski definition) is 2. The summed E-state index contributed by atoms with van der Waals surface area (Å²) in [5.74, 6) is -3.75. The molecule has 0 unspecified atom stereocenters. The number of carbonyl (C=O) groups is 1. The lowest BCUT2D eigenvalue weighted by Crippen LogP contribution is -2.36. The summed E-state index contributed by atoms with van der Waals surface area (Å²) in [5.41, 5.74) is 4.34. The van der Waals surface area contributed by atoms with E-state index >= 15 is 0 Å². The number of alkyl halides is 2. The second-order valence-corrected chi connectivity index (χ2v) is 4.62. The minimum absolute atomic E-state index is 0.00998. The lowest BCUT2D eigenvalue weighted by molar-refractivity contribution is -0.141. The number of nitrogens with one attached hydrogen (secondary N) is 1. The first kappa shape index (κ1) is 16.5. The number of aromatic nitrogens is 2. The van der Waals surface area contributed by atoms with Crippen molar-refractivity contribution in [2.75, 3.05) is 25.5 Å². The second kappa shape index (κ2) is 6.75. The second-order valence-electron chi connectivity index (χ2n) is 3.82. The first-order chi connectivity index (χ1) is 9.30. The number of carbonyl (C=O) groups excluding carboxylic acids is 1. The number of nitrogens with two attached hydrogens (primary N) is 1. The third kappa shape index (κ3) is 4.23. The van der Waals surface area contributed by atoms with E-state index in [0.29, 0.717) is 0 Å². The molecule has 1 heterocycles. The summed E-state index contributed by atoms with van der Waals surface area (Å²) < 4.78 is 31.2. The Morgan fingerprint density at radius 1 is 1.65 bits per heavy atom. The summed E-state index contributed by atoms with van der Waals surface area (Å²) in [5, 5.41) is 6.06. The van der Waals surface area contributed by atoms with Gasteiger partial charge in [-0.15, -0.1) is 0 Å². The third-order valence-corrected chi connectivity index (χ3v) is 3.09. The standard InChI is InChI=1S/C10H13BrF2N4O3/c1-20-7(18)3-17-9(19)8(11)6(2-16-17)15-5-10(12,13)4-14/h2,15H,3-5,14H2,1H3. The molecule has 0 aliphatic heterocycles. The lowest BCUT2D eigenvalue weighted by Gasteiger charge is -2.16. The molecule has 0 bridgehead atoms. The fourth-order valence-corrected chi connectivity index (χ4v) is 1.63. The Hall–Kier alpha value is -1.55. The van der Waals surface area contributed by atoms with Gasteiger partial charge in [-0.1, -0.05) is 0 Å². The highest BCUT2D eigenvalue weighted by molar-refractivity contribution is 9.10. The van der Waals surface area contributed by atoms with E-state index in [-0.39, 0.29) is 16.7 Å². The molecule has 1 rings (SSSR count). The number of rotatable bonds is 6. The zero-order valence-electron chi connectivity index (χ0n) is 10.5. The summed E-state index contributed by atoms with van der Waals surface area (Å²) in [6.45, 7) is -1.91. The lowest BCUT2D eigenvalue weighted by atomic mass is 10.3. The van der Waals surface area contributed by atoms with Crippen molar-refractivity contribution < 1.29 is 18.3 Å². The van der Waals surface area contributed by atoms with Crippen LogP contribution in [-0.4, -0.2) is 41.9 Å². The van der Waals surface area contributed by atoms with E-state index in [9.17, 15) is 18.4 Å². The van der Waals surface area contributed by atoms with Crippen LogP contribution < -0.4 is 16.6 Å². The Morgan fingerprint density at radius 3 is 2.85 bits per heavy atom. The molecule has 0 saturated carbocycles. The minimum atomic E-state index is -3.10. The Bertz CT molecular complexity index is 550. The van der Waals surface area contributed by atoms with Crippen LogP contribution in [0.25, 0.3) is 0 Å². The van der Waals surface area contributed by atoms with Gasteiger partial charge in [0, 0.05) is 0 Å². The van der Waals surface area contributed by atoms with E-state index in [4.69, 9.17) is 5.73 Å². The summed E-state index contributed by atoms with van der Waals surface area (Å²) in [7, 11) is 1.17. The Morgan fingerprint density at radius 2 is 2.30 bits per heavy atom. The van der Waals surface area contributed by atoms with Gasteiger partial charge in [0.05, 0.1) is 32.1 Å². The van der Waals surface area contributed by atoms with Crippen LogP contribution in [0.1, 0.15) is 0 Å². The third-order valence-electron chi connectivity index (χ3n) is 2.33. The largest absolute Gasteiger partial charge is 0.468 e. The van der Waals surface area contributed by atoms with Gasteiger partial charge in [0.15, 0.2) is 0 Å². The highest BCUT2D eigenvalue weighted by Crippen LogP contribution is 2.19. The van der Waals surface area contributed by atoms with E-state index in [2.05, 4.69) is 31.1 Å². The highest BCUT2D eigenvalue weighted by atomic mass is 79.9. The van der Waals surface area contributed by atoms with E-state index in [0.717, 1.165) is 10.9 Å².